The average Bonchev–Trinajstić information content (AvgIpc) is 2.40. The van der Waals surface area contributed by atoms with Gasteiger partial charge in [-0.25, -0.2) is 8.42 Å². The Balaban J connectivity index is 2.75. The van der Waals surface area contributed by atoms with Crippen molar-refractivity contribution in [2.45, 2.75) is 33.1 Å². The summed E-state index contributed by atoms with van der Waals surface area (Å²) in [6.45, 7) is 4.28. The van der Waals surface area contributed by atoms with Crippen molar-refractivity contribution in [1.82, 2.24) is 0 Å². The molecular weight excluding hydrogens is 216 g/mol. The molecule has 0 N–H and O–H groups in total. The highest BCUT2D eigenvalue weighted by molar-refractivity contribution is 7.91. The molecule has 1 rings (SSSR count). The van der Waals surface area contributed by atoms with Crippen LogP contribution in [-0.2, 0) is 9.84 Å². The second-order valence-electron chi connectivity index (χ2n) is 4.69. The van der Waals surface area contributed by atoms with Crippen LogP contribution in [0.3, 0.4) is 0 Å². The third-order valence-corrected chi connectivity index (χ3v) is 5.63. The monoisotopic (exact) mass is 236 g/mol. The molecule has 1 heterocycles. The summed E-state index contributed by atoms with van der Waals surface area (Å²) >= 11 is 4.19. The van der Waals surface area contributed by atoms with E-state index in [1.807, 2.05) is 0 Å². The third kappa shape index (κ3) is 2.66. The quantitative estimate of drug-likeness (QED) is 0.759. The first-order valence-electron chi connectivity index (χ1n) is 5.23. The topological polar surface area (TPSA) is 34.1 Å². The van der Waals surface area contributed by atoms with Crippen molar-refractivity contribution in [1.29, 1.82) is 0 Å². The standard InChI is InChI=1S/C10H20O2S2/c1-9(2)10(4-3-6-13)5-7-14(11,12)8-10/h9,13H,3-8H2,1-2H3. The van der Waals surface area contributed by atoms with Crippen LogP contribution in [0.1, 0.15) is 33.1 Å². The van der Waals surface area contributed by atoms with Gasteiger partial charge in [-0.15, -0.1) is 0 Å². The van der Waals surface area contributed by atoms with E-state index in [9.17, 15) is 8.42 Å². The van der Waals surface area contributed by atoms with Crippen LogP contribution >= 0.6 is 12.6 Å². The SMILES string of the molecule is CC(C)C1(CCCS)CCS(=O)(=O)C1. The lowest BCUT2D eigenvalue weighted by molar-refractivity contribution is 0.207. The summed E-state index contributed by atoms with van der Waals surface area (Å²) in [5, 5.41) is 0. The summed E-state index contributed by atoms with van der Waals surface area (Å²) in [7, 11) is -2.75. The fraction of sp³-hybridized carbons (Fsp3) is 1.00. The molecule has 0 saturated carbocycles. The van der Waals surface area contributed by atoms with Crippen LogP contribution in [0.25, 0.3) is 0 Å². The lowest BCUT2D eigenvalue weighted by Crippen LogP contribution is -2.28. The van der Waals surface area contributed by atoms with Gasteiger partial charge in [0.15, 0.2) is 9.84 Å². The molecule has 84 valence electrons. The molecule has 1 aliphatic rings. The van der Waals surface area contributed by atoms with Crippen molar-refractivity contribution in [3.8, 4) is 0 Å². The molecule has 0 aromatic heterocycles. The fourth-order valence-corrected chi connectivity index (χ4v) is 4.83. The minimum Gasteiger partial charge on any atom is -0.229 e. The molecule has 1 unspecified atom stereocenters. The highest BCUT2D eigenvalue weighted by Crippen LogP contribution is 2.43. The van der Waals surface area contributed by atoms with Gasteiger partial charge in [-0.3, -0.25) is 0 Å². The zero-order valence-corrected chi connectivity index (χ0v) is 10.7. The van der Waals surface area contributed by atoms with E-state index in [2.05, 4.69) is 26.5 Å². The molecule has 0 aromatic rings. The zero-order valence-electron chi connectivity index (χ0n) is 8.99. The predicted octanol–water partition coefficient (Wildman–Crippen LogP) is 2.16. The van der Waals surface area contributed by atoms with Crippen LogP contribution in [0.4, 0.5) is 0 Å². The lowest BCUT2D eigenvalue weighted by atomic mass is 9.73. The van der Waals surface area contributed by atoms with Gasteiger partial charge in [0.25, 0.3) is 0 Å². The number of hydrogen-bond acceptors (Lipinski definition) is 3. The molecule has 0 amide bonds. The second kappa shape index (κ2) is 4.44. The molecule has 0 spiro atoms. The van der Waals surface area contributed by atoms with Gasteiger partial charge in [0.1, 0.15) is 0 Å². The van der Waals surface area contributed by atoms with Crippen LogP contribution in [0.5, 0.6) is 0 Å². The van der Waals surface area contributed by atoms with Gasteiger partial charge in [-0.05, 0) is 36.3 Å². The van der Waals surface area contributed by atoms with Gasteiger partial charge in [-0.2, -0.15) is 12.6 Å². The number of thiol groups is 1. The Morgan fingerprint density at radius 3 is 2.43 bits per heavy atom. The Morgan fingerprint density at radius 1 is 1.43 bits per heavy atom. The molecule has 4 heteroatoms. The van der Waals surface area contributed by atoms with E-state index in [1.54, 1.807) is 0 Å². The smallest absolute Gasteiger partial charge is 0.150 e. The van der Waals surface area contributed by atoms with Crippen LogP contribution in [0, 0.1) is 11.3 Å². The van der Waals surface area contributed by atoms with E-state index in [4.69, 9.17) is 0 Å². The largest absolute Gasteiger partial charge is 0.229 e. The van der Waals surface area contributed by atoms with E-state index in [1.165, 1.54) is 0 Å². The van der Waals surface area contributed by atoms with Gasteiger partial charge in [0.2, 0.25) is 0 Å². The van der Waals surface area contributed by atoms with Crippen molar-refractivity contribution >= 4 is 22.5 Å². The fourth-order valence-electron chi connectivity index (χ4n) is 2.31. The minimum atomic E-state index is -2.75. The highest BCUT2D eigenvalue weighted by atomic mass is 32.2. The summed E-state index contributed by atoms with van der Waals surface area (Å²) in [5.74, 6) is 2.09. The Kier molecular flexibility index (Phi) is 3.92. The molecule has 0 bridgehead atoms. The first-order valence-corrected chi connectivity index (χ1v) is 7.68. The molecule has 1 atom stereocenters. The molecule has 0 aromatic carbocycles. The first kappa shape index (κ1) is 12.4. The van der Waals surface area contributed by atoms with E-state index in [-0.39, 0.29) is 5.41 Å². The van der Waals surface area contributed by atoms with Gasteiger partial charge in [0, 0.05) is 0 Å². The first-order chi connectivity index (χ1) is 6.42. The Hall–Kier alpha value is 0.300. The molecule has 0 radical (unpaired) electrons. The average molecular weight is 236 g/mol. The van der Waals surface area contributed by atoms with Crippen LogP contribution in [-0.4, -0.2) is 25.7 Å². The molecule has 0 aliphatic carbocycles. The molecule has 2 nitrogen and oxygen atoms in total. The maximum Gasteiger partial charge on any atom is 0.150 e. The van der Waals surface area contributed by atoms with Gasteiger partial charge >= 0.3 is 0 Å². The van der Waals surface area contributed by atoms with Crippen LogP contribution in [0.2, 0.25) is 0 Å². The summed E-state index contributed by atoms with van der Waals surface area (Å²) < 4.78 is 23.0. The third-order valence-electron chi connectivity index (χ3n) is 3.48. The van der Waals surface area contributed by atoms with Crippen LogP contribution < -0.4 is 0 Å². The molecule has 1 aliphatic heterocycles. The lowest BCUT2D eigenvalue weighted by Gasteiger charge is -2.32. The summed E-state index contributed by atoms with van der Waals surface area (Å²) in [4.78, 5) is 0. The Labute approximate surface area is 92.8 Å². The Morgan fingerprint density at radius 2 is 2.07 bits per heavy atom. The Bertz CT molecular complexity index is 282. The highest BCUT2D eigenvalue weighted by Gasteiger charge is 2.43. The van der Waals surface area contributed by atoms with E-state index >= 15 is 0 Å². The van der Waals surface area contributed by atoms with Crippen molar-refractivity contribution in [2.24, 2.45) is 11.3 Å². The van der Waals surface area contributed by atoms with Crippen molar-refractivity contribution in [3.05, 3.63) is 0 Å². The molecule has 14 heavy (non-hydrogen) atoms. The van der Waals surface area contributed by atoms with Crippen LogP contribution in [0.15, 0.2) is 0 Å². The van der Waals surface area contributed by atoms with E-state index < -0.39 is 9.84 Å². The van der Waals surface area contributed by atoms with E-state index in [0.717, 1.165) is 25.0 Å². The normalized spacial score (nSPS) is 31.1. The molecule has 1 fully saturated rings. The van der Waals surface area contributed by atoms with E-state index in [0.29, 0.717) is 17.4 Å². The minimum absolute atomic E-state index is 0.0432. The summed E-state index contributed by atoms with van der Waals surface area (Å²) in [5.41, 5.74) is 0.0432. The number of sulfone groups is 1. The zero-order chi connectivity index (χ0) is 10.8. The van der Waals surface area contributed by atoms with Crippen molar-refractivity contribution in [3.63, 3.8) is 0 Å². The predicted molar refractivity (Wildman–Crippen MR) is 63.6 cm³/mol. The summed E-state index contributed by atoms with van der Waals surface area (Å²) in [6, 6.07) is 0. The number of hydrogen-bond donors (Lipinski definition) is 1. The van der Waals surface area contributed by atoms with Crippen molar-refractivity contribution in [2.75, 3.05) is 17.3 Å². The van der Waals surface area contributed by atoms with Gasteiger partial charge in [0.05, 0.1) is 11.5 Å². The maximum atomic E-state index is 11.5. The molecular formula is C10H20O2S2. The number of rotatable bonds is 4. The van der Waals surface area contributed by atoms with Crippen molar-refractivity contribution < 1.29 is 8.42 Å². The van der Waals surface area contributed by atoms with Gasteiger partial charge in [-0.1, -0.05) is 13.8 Å². The maximum absolute atomic E-state index is 11.5. The summed E-state index contributed by atoms with van der Waals surface area (Å²) in [6.07, 6.45) is 2.88. The second-order valence-corrected chi connectivity index (χ2v) is 7.32. The molecule has 1 saturated heterocycles. The van der Waals surface area contributed by atoms with Gasteiger partial charge < -0.3 is 0 Å².